The summed E-state index contributed by atoms with van der Waals surface area (Å²) in [6.07, 6.45) is 2.62. The molecule has 21 heavy (non-hydrogen) atoms. The van der Waals surface area contributed by atoms with Crippen LogP contribution >= 0.6 is 0 Å². The molecule has 1 saturated heterocycles. The second-order valence-corrected chi connectivity index (χ2v) is 6.06. The molecule has 1 aromatic rings. The minimum Gasteiger partial charge on any atom is -0.356 e. The first-order chi connectivity index (χ1) is 10.2. The molecule has 2 rings (SSSR count). The molecule has 0 spiro atoms. The van der Waals surface area contributed by atoms with E-state index in [-0.39, 0.29) is 0 Å². The van der Waals surface area contributed by atoms with Gasteiger partial charge in [0.15, 0.2) is 5.96 Å². The topological polar surface area (TPSA) is 39.7 Å². The average Bonchev–Trinajstić information content (AvgIpc) is 2.49. The van der Waals surface area contributed by atoms with Gasteiger partial charge in [-0.05, 0) is 44.8 Å². The fraction of sp³-hybridized carbons (Fsp3) is 0.588. The van der Waals surface area contributed by atoms with Crippen LogP contribution in [0.25, 0.3) is 0 Å². The van der Waals surface area contributed by atoms with Gasteiger partial charge >= 0.3 is 0 Å². The molecule has 0 amide bonds. The molecule has 1 aromatic carbocycles. The van der Waals surface area contributed by atoms with Crippen molar-refractivity contribution in [3.8, 4) is 0 Å². The van der Waals surface area contributed by atoms with Gasteiger partial charge in [-0.1, -0.05) is 29.8 Å². The van der Waals surface area contributed by atoms with Crippen LogP contribution in [0, 0.1) is 12.8 Å². The standard InChI is InChI=1S/C17H28N4/c1-14-6-8-15(9-7-14)11-19-17(18-2)20-12-16-5-4-10-21(3)13-16/h6-9,16H,4-5,10-13H2,1-3H3,(H2,18,19,20). The Balaban J connectivity index is 1.74. The predicted octanol–water partition coefficient (Wildman–Crippen LogP) is 2.00. The number of hydrogen-bond acceptors (Lipinski definition) is 2. The molecule has 0 aromatic heterocycles. The van der Waals surface area contributed by atoms with Crippen LogP contribution in [0.1, 0.15) is 24.0 Å². The zero-order chi connectivity index (χ0) is 15.1. The molecule has 0 saturated carbocycles. The van der Waals surface area contributed by atoms with Crippen LogP contribution in [0.2, 0.25) is 0 Å². The fourth-order valence-electron chi connectivity index (χ4n) is 2.79. The molecule has 116 valence electrons. The number of benzene rings is 1. The SMILES string of the molecule is CN=C(NCc1ccc(C)cc1)NCC1CCCN(C)C1. The number of piperidine rings is 1. The summed E-state index contributed by atoms with van der Waals surface area (Å²) in [5, 5.41) is 6.83. The van der Waals surface area contributed by atoms with E-state index < -0.39 is 0 Å². The van der Waals surface area contributed by atoms with Crippen molar-refractivity contribution in [3.05, 3.63) is 35.4 Å². The van der Waals surface area contributed by atoms with Crippen molar-refractivity contribution >= 4 is 5.96 Å². The second-order valence-electron chi connectivity index (χ2n) is 6.06. The molecule has 1 fully saturated rings. The summed E-state index contributed by atoms with van der Waals surface area (Å²) in [5.74, 6) is 1.62. The molecule has 1 heterocycles. The zero-order valence-electron chi connectivity index (χ0n) is 13.5. The summed E-state index contributed by atoms with van der Waals surface area (Å²) >= 11 is 0. The molecular weight excluding hydrogens is 260 g/mol. The fourth-order valence-corrected chi connectivity index (χ4v) is 2.79. The highest BCUT2D eigenvalue weighted by molar-refractivity contribution is 5.79. The van der Waals surface area contributed by atoms with Gasteiger partial charge in [-0.3, -0.25) is 4.99 Å². The van der Waals surface area contributed by atoms with Gasteiger partial charge in [0.1, 0.15) is 0 Å². The predicted molar refractivity (Wildman–Crippen MR) is 89.6 cm³/mol. The summed E-state index contributed by atoms with van der Waals surface area (Å²) < 4.78 is 0. The molecule has 1 atom stereocenters. The number of nitrogens with one attached hydrogen (secondary N) is 2. The smallest absolute Gasteiger partial charge is 0.191 e. The Morgan fingerprint density at radius 1 is 1.29 bits per heavy atom. The lowest BCUT2D eigenvalue weighted by atomic mass is 9.99. The number of guanidine groups is 1. The monoisotopic (exact) mass is 288 g/mol. The molecule has 0 radical (unpaired) electrons. The lowest BCUT2D eigenvalue weighted by Crippen LogP contribution is -2.43. The van der Waals surface area contributed by atoms with Crippen LogP contribution in [0.3, 0.4) is 0 Å². The Hall–Kier alpha value is -1.55. The molecule has 4 heteroatoms. The number of likely N-dealkylation sites (tertiary alicyclic amines) is 1. The van der Waals surface area contributed by atoms with Crippen molar-refractivity contribution < 1.29 is 0 Å². The Morgan fingerprint density at radius 3 is 2.71 bits per heavy atom. The minimum atomic E-state index is 0.724. The number of hydrogen-bond donors (Lipinski definition) is 2. The van der Waals surface area contributed by atoms with Gasteiger partial charge in [-0.25, -0.2) is 0 Å². The summed E-state index contributed by atoms with van der Waals surface area (Å²) in [7, 11) is 4.04. The number of aryl methyl sites for hydroxylation is 1. The molecule has 2 N–H and O–H groups in total. The van der Waals surface area contributed by atoms with Gasteiger partial charge < -0.3 is 15.5 Å². The van der Waals surface area contributed by atoms with Crippen LogP contribution in [0.5, 0.6) is 0 Å². The van der Waals surface area contributed by atoms with Crippen LogP contribution < -0.4 is 10.6 Å². The maximum absolute atomic E-state index is 4.30. The molecular formula is C17H28N4. The summed E-state index contributed by atoms with van der Waals surface area (Å²) in [6.45, 7) is 6.33. The average molecular weight is 288 g/mol. The third-order valence-corrected chi connectivity index (χ3v) is 4.08. The quantitative estimate of drug-likeness (QED) is 0.657. The Bertz CT molecular complexity index is 452. The first-order valence-corrected chi connectivity index (χ1v) is 7.86. The van der Waals surface area contributed by atoms with Crippen molar-refractivity contribution in [2.75, 3.05) is 33.7 Å². The third kappa shape index (κ3) is 5.38. The van der Waals surface area contributed by atoms with Crippen LogP contribution in [-0.2, 0) is 6.54 Å². The zero-order valence-corrected chi connectivity index (χ0v) is 13.5. The van der Waals surface area contributed by atoms with Gasteiger partial charge in [-0.15, -0.1) is 0 Å². The van der Waals surface area contributed by atoms with Gasteiger partial charge in [0, 0.05) is 26.7 Å². The van der Waals surface area contributed by atoms with Crippen molar-refractivity contribution in [1.29, 1.82) is 0 Å². The van der Waals surface area contributed by atoms with Gasteiger partial charge in [0.05, 0.1) is 0 Å². The van der Waals surface area contributed by atoms with Gasteiger partial charge in [0.2, 0.25) is 0 Å². The van der Waals surface area contributed by atoms with E-state index in [1.807, 2.05) is 7.05 Å². The van der Waals surface area contributed by atoms with Crippen molar-refractivity contribution in [3.63, 3.8) is 0 Å². The Morgan fingerprint density at radius 2 is 2.05 bits per heavy atom. The van der Waals surface area contributed by atoms with E-state index in [1.165, 1.54) is 37.1 Å². The number of rotatable bonds is 4. The van der Waals surface area contributed by atoms with Crippen molar-refractivity contribution in [2.24, 2.45) is 10.9 Å². The van der Waals surface area contributed by atoms with E-state index in [1.54, 1.807) is 0 Å². The summed E-state index contributed by atoms with van der Waals surface area (Å²) in [5.41, 5.74) is 2.57. The normalized spacial score (nSPS) is 20.3. The highest BCUT2D eigenvalue weighted by atomic mass is 15.2. The summed E-state index contributed by atoms with van der Waals surface area (Å²) in [6, 6.07) is 8.60. The maximum atomic E-state index is 4.30. The van der Waals surface area contributed by atoms with Crippen molar-refractivity contribution in [2.45, 2.75) is 26.3 Å². The van der Waals surface area contributed by atoms with Crippen LogP contribution in [0.15, 0.2) is 29.3 Å². The minimum absolute atomic E-state index is 0.724. The molecule has 1 aliphatic rings. The van der Waals surface area contributed by atoms with E-state index in [2.05, 4.69) is 58.8 Å². The largest absolute Gasteiger partial charge is 0.356 e. The molecule has 4 nitrogen and oxygen atoms in total. The van der Waals surface area contributed by atoms with Crippen molar-refractivity contribution in [1.82, 2.24) is 15.5 Å². The van der Waals surface area contributed by atoms with E-state index in [0.29, 0.717) is 0 Å². The maximum Gasteiger partial charge on any atom is 0.191 e. The Labute approximate surface area is 128 Å². The highest BCUT2D eigenvalue weighted by Crippen LogP contribution is 2.13. The lowest BCUT2D eigenvalue weighted by molar-refractivity contribution is 0.210. The highest BCUT2D eigenvalue weighted by Gasteiger charge is 2.17. The number of nitrogens with zero attached hydrogens (tertiary/aromatic N) is 2. The summed E-state index contributed by atoms with van der Waals surface area (Å²) in [4.78, 5) is 6.72. The van der Waals surface area contributed by atoms with E-state index >= 15 is 0 Å². The Kier molecular flexibility index (Phi) is 6.05. The van der Waals surface area contributed by atoms with Gasteiger partial charge in [-0.2, -0.15) is 0 Å². The van der Waals surface area contributed by atoms with E-state index in [4.69, 9.17) is 0 Å². The van der Waals surface area contributed by atoms with E-state index in [9.17, 15) is 0 Å². The first kappa shape index (κ1) is 15.8. The van der Waals surface area contributed by atoms with Crippen LogP contribution in [0.4, 0.5) is 0 Å². The number of aliphatic imine (C=N–C) groups is 1. The van der Waals surface area contributed by atoms with Gasteiger partial charge in [0.25, 0.3) is 0 Å². The second kappa shape index (κ2) is 8.03. The molecule has 1 unspecified atom stereocenters. The molecule has 0 bridgehead atoms. The lowest BCUT2D eigenvalue weighted by Gasteiger charge is -2.30. The first-order valence-electron chi connectivity index (χ1n) is 7.86. The van der Waals surface area contributed by atoms with Crippen LogP contribution in [-0.4, -0.2) is 44.6 Å². The molecule has 0 aliphatic carbocycles. The third-order valence-electron chi connectivity index (χ3n) is 4.08. The molecule has 1 aliphatic heterocycles. The van der Waals surface area contributed by atoms with E-state index in [0.717, 1.165) is 25.0 Å².